The van der Waals surface area contributed by atoms with Gasteiger partial charge in [0.15, 0.2) is 0 Å². The highest BCUT2D eigenvalue weighted by Crippen LogP contribution is 2.23. The monoisotopic (exact) mass is 338 g/mol. The lowest BCUT2D eigenvalue weighted by Crippen LogP contribution is -2.46. The maximum absolute atomic E-state index is 13.0. The molecule has 0 amide bonds. The highest BCUT2D eigenvalue weighted by Gasteiger charge is 2.22. The molecule has 0 bridgehead atoms. The van der Waals surface area contributed by atoms with Crippen LogP contribution in [-0.2, 0) is 20.6 Å². The molecule has 24 heavy (non-hydrogen) atoms. The first kappa shape index (κ1) is 16.6. The van der Waals surface area contributed by atoms with Gasteiger partial charge in [0.1, 0.15) is 5.69 Å². The quantitative estimate of drug-likeness (QED) is 0.824. The summed E-state index contributed by atoms with van der Waals surface area (Å²) in [5.41, 5.74) is 1.08. The van der Waals surface area contributed by atoms with E-state index in [1.807, 2.05) is 0 Å². The third kappa shape index (κ3) is 3.45. The van der Waals surface area contributed by atoms with Crippen LogP contribution in [0.1, 0.15) is 17.7 Å². The number of halogens is 2. The van der Waals surface area contributed by atoms with Crippen molar-refractivity contribution in [2.45, 2.75) is 13.0 Å². The van der Waals surface area contributed by atoms with E-state index in [-0.39, 0.29) is 11.3 Å². The van der Waals surface area contributed by atoms with Crippen molar-refractivity contribution in [2.75, 3.05) is 31.1 Å². The lowest BCUT2D eigenvalue weighted by Gasteiger charge is -2.35. The van der Waals surface area contributed by atoms with E-state index in [0.717, 1.165) is 31.9 Å². The maximum Gasteiger partial charge on any atom is 0.282 e. The van der Waals surface area contributed by atoms with Gasteiger partial charge in [-0.1, -0.05) is 0 Å². The maximum atomic E-state index is 13.0. The van der Waals surface area contributed by atoms with Crippen LogP contribution < -0.4 is 10.5 Å². The molecule has 1 aliphatic rings. The van der Waals surface area contributed by atoms with E-state index in [9.17, 15) is 13.6 Å². The van der Waals surface area contributed by atoms with E-state index < -0.39 is 6.43 Å². The Morgan fingerprint density at radius 3 is 2.54 bits per heavy atom. The van der Waals surface area contributed by atoms with Gasteiger partial charge in [-0.25, -0.2) is 13.5 Å². The van der Waals surface area contributed by atoms with Crippen LogP contribution >= 0.6 is 0 Å². The number of anilines is 1. The van der Waals surface area contributed by atoms with Gasteiger partial charge in [-0.3, -0.25) is 14.4 Å². The molecular formula is C15H20F2N6O. The molecule has 1 aliphatic heterocycles. The number of piperazine rings is 1. The van der Waals surface area contributed by atoms with Crippen molar-refractivity contribution in [1.82, 2.24) is 24.5 Å². The van der Waals surface area contributed by atoms with Crippen LogP contribution in [0, 0.1) is 0 Å². The summed E-state index contributed by atoms with van der Waals surface area (Å²) in [5, 5.41) is 7.87. The van der Waals surface area contributed by atoms with Crippen LogP contribution in [0.3, 0.4) is 0 Å². The number of nitrogens with zero attached hydrogens (tertiary/aromatic N) is 6. The zero-order chi connectivity index (χ0) is 17.3. The van der Waals surface area contributed by atoms with Gasteiger partial charge < -0.3 is 4.90 Å². The van der Waals surface area contributed by atoms with E-state index >= 15 is 0 Å². The molecule has 3 heterocycles. The van der Waals surface area contributed by atoms with Gasteiger partial charge in [-0.2, -0.15) is 10.2 Å². The van der Waals surface area contributed by atoms with Crippen LogP contribution in [-0.4, -0.2) is 50.6 Å². The highest BCUT2D eigenvalue weighted by molar-refractivity contribution is 5.43. The smallest absolute Gasteiger partial charge is 0.282 e. The van der Waals surface area contributed by atoms with Gasteiger partial charge in [0.25, 0.3) is 12.0 Å². The SMILES string of the molecule is Cn1cc(CN2CCN(c3cnn(C)c(=O)c3)CC2)c(C(F)F)n1. The van der Waals surface area contributed by atoms with E-state index in [4.69, 9.17) is 0 Å². The Morgan fingerprint density at radius 2 is 1.92 bits per heavy atom. The molecule has 0 N–H and O–H groups in total. The molecule has 0 aliphatic carbocycles. The molecule has 7 nitrogen and oxygen atoms in total. The molecule has 0 saturated carbocycles. The fourth-order valence-corrected chi connectivity index (χ4v) is 2.90. The summed E-state index contributed by atoms with van der Waals surface area (Å²) in [4.78, 5) is 15.9. The zero-order valence-electron chi connectivity index (χ0n) is 13.7. The first-order chi connectivity index (χ1) is 11.4. The predicted molar refractivity (Wildman–Crippen MR) is 85.1 cm³/mol. The summed E-state index contributed by atoms with van der Waals surface area (Å²) in [7, 11) is 3.26. The van der Waals surface area contributed by atoms with Crippen LogP contribution in [0.4, 0.5) is 14.5 Å². The molecule has 9 heteroatoms. The average molecular weight is 338 g/mol. The molecule has 1 saturated heterocycles. The summed E-state index contributed by atoms with van der Waals surface area (Å²) in [6.45, 7) is 3.36. The van der Waals surface area contributed by atoms with Crippen LogP contribution in [0.5, 0.6) is 0 Å². The summed E-state index contributed by atoms with van der Waals surface area (Å²) in [5.74, 6) is 0. The minimum atomic E-state index is -2.56. The fourth-order valence-electron chi connectivity index (χ4n) is 2.90. The fraction of sp³-hybridized carbons (Fsp3) is 0.533. The second-order valence-corrected chi connectivity index (χ2v) is 5.95. The molecule has 0 aromatic carbocycles. The Bertz CT molecular complexity index is 764. The first-order valence-corrected chi connectivity index (χ1v) is 7.75. The van der Waals surface area contributed by atoms with Crippen LogP contribution in [0.15, 0.2) is 23.3 Å². The van der Waals surface area contributed by atoms with Gasteiger partial charge in [0, 0.05) is 64.6 Å². The lowest BCUT2D eigenvalue weighted by atomic mass is 10.2. The van der Waals surface area contributed by atoms with Crippen molar-refractivity contribution < 1.29 is 8.78 Å². The second kappa shape index (κ2) is 6.68. The second-order valence-electron chi connectivity index (χ2n) is 5.95. The Balaban J connectivity index is 1.63. The molecule has 1 fully saturated rings. The Morgan fingerprint density at radius 1 is 1.21 bits per heavy atom. The Hall–Kier alpha value is -2.29. The van der Waals surface area contributed by atoms with Crippen molar-refractivity contribution in [3.63, 3.8) is 0 Å². The van der Waals surface area contributed by atoms with E-state index in [2.05, 4.69) is 20.0 Å². The van der Waals surface area contributed by atoms with E-state index in [0.29, 0.717) is 12.1 Å². The van der Waals surface area contributed by atoms with E-state index in [1.54, 1.807) is 32.6 Å². The molecular weight excluding hydrogens is 318 g/mol. The van der Waals surface area contributed by atoms with Gasteiger partial charge in [-0.05, 0) is 0 Å². The Kier molecular flexibility index (Phi) is 4.61. The summed E-state index contributed by atoms with van der Waals surface area (Å²) in [6, 6.07) is 1.57. The van der Waals surface area contributed by atoms with Crippen LogP contribution in [0.2, 0.25) is 0 Å². The minimum absolute atomic E-state index is 0.143. The molecule has 0 unspecified atom stereocenters. The van der Waals surface area contributed by atoms with Crippen molar-refractivity contribution >= 4 is 5.69 Å². The largest absolute Gasteiger partial charge is 0.368 e. The zero-order valence-corrected chi connectivity index (χ0v) is 13.7. The van der Waals surface area contributed by atoms with Gasteiger partial charge in [0.05, 0.1) is 11.9 Å². The summed E-state index contributed by atoms with van der Waals surface area (Å²) < 4.78 is 28.7. The predicted octanol–water partition coefficient (Wildman–Crippen LogP) is 0.774. The van der Waals surface area contributed by atoms with Crippen molar-refractivity contribution in [3.05, 3.63) is 40.1 Å². The number of rotatable bonds is 4. The Labute approximate surface area is 138 Å². The highest BCUT2D eigenvalue weighted by atomic mass is 19.3. The third-order valence-corrected chi connectivity index (χ3v) is 4.23. The molecule has 2 aromatic rings. The molecule has 0 radical (unpaired) electrons. The van der Waals surface area contributed by atoms with Gasteiger partial charge in [-0.15, -0.1) is 0 Å². The molecule has 3 rings (SSSR count). The molecule has 0 spiro atoms. The number of hydrogen-bond acceptors (Lipinski definition) is 5. The topological polar surface area (TPSA) is 59.2 Å². The standard InChI is InChI=1S/C15H20F2N6O/c1-20-9-11(14(19-20)15(16)17)10-22-3-5-23(6-4-22)12-7-13(24)21(2)18-8-12/h7-9,15H,3-6,10H2,1-2H3. The normalized spacial score (nSPS) is 16.1. The number of alkyl halides is 2. The minimum Gasteiger partial charge on any atom is -0.368 e. The van der Waals surface area contributed by atoms with Gasteiger partial charge in [0.2, 0.25) is 0 Å². The third-order valence-electron chi connectivity index (χ3n) is 4.23. The first-order valence-electron chi connectivity index (χ1n) is 7.75. The lowest BCUT2D eigenvalue weighted by molar-refractivity contribution is 0.142. The summed E-state index contributed by atoms with van der Waals surface area (Å²) >= 11 is 0. The van der Waals surface area contributed by atoms with Crippen molar-refractivity contribution in [2.24, 2.45) is 14.1 Å². The number of hydrogen-bond donors (Lipinski definition) is 0. The molecule has 130 valence electrons. The van der Waals surface area contributed by atoms with Crippen molar-refractivity contribution in [3.8, 4) is 0 Å². The van der Waals surface area contributed by atoms with Gasteiger partial charge >= 0.3 is 0 Å². The molecule has 2 aromatic heterocycles. The number of aromatic nitrogens is 4. The van der Waals surface area contributed by atoms with Crippen molar-refractivity contribution in [1.29, 1.82) is 0 Å². The average Bonchev–Trinajstić information content (AvgIpc) is 2.92. The summed E-state index contributed by atoms with van der Waals surface area (Å²) in [6.07, 6.45) is 0.764. The number of aryl methyl sites for hydroxylation is 2. The van der Waals surface area contributed by atoms with Crippen LogP contribution in [0.25, 0.3) is 0 Å². The molecule has 0 atom stereocenters. The van der Waals surface area contributed by atoms with E-state index in [1.165, 1.54) is 9.36 Å².